The Bertz CT molecular complexity index is 298. The molecule has 112 valence electrons. The molecule has 0 saturated carbocycles. The Balaban J connectivity index is 2.75. The van der Waals surface area contributed by atoms with Gasteiger partial charge in [0.05, 0.1) is 12.6 Å². The Morgan fingerprint density at radius 1 is 1.26 bits per heavy atom. The molecule has 1 unspecified atom stereocenters. The van der Waals surface area contributed by atoms with Crippen molar-refractivity contribution in [1.29, 1.82) is 0 Å². The average Bonchev–Trinajstić information content (AvgIpc) is 2.22. The minimum atomic E-state index is -0.448. The van der Waals surface area contributed by atoms with Crippen LogP contribution in [0, 0.1) is 5.92 Å². The van der Waals surface area contributed by atoms with Crippen LogP contribution in [0.5, 0.6) is 0 Å². The van der Waals surface area contributed by atoms with Crippen LogP contribution < -0.4 is 0 Å². The van der Waals surface area contributed by atoms with Crippen molar-refractivity contribution in [3.8, 4) is 0 Å². The predicted molar refractivity (Wildman–Crippen MR) is 76.2 cm³/mol. The standard InChI is InChI=1S/C15H29NO3/c1-7-18-10-13-9-11(2)8-12(3)16(13)14(17)19-15(4,5)6/h11-13H,7-10H2,1-6H3/t11-,12?,13-/m1/s1. The summed E-state index contributed by atoms with van der Waals surface area (Å²) in [7, 11) is 0. The zero-order chi connectivity index (χ0) is 14.6. The number of carbonyl (C=O) groups is 1. The molecule has 3 atom stereocenters. The van der Waals surface area contributed by atoms with E-state index in [0.29, 0.717) is 19.1 Å². The molecule has 0 N–H and O–H groups in total. The fourth-order valence-electron chi connectivity index (χ4n) is 2.78. The first-order chi connectivity index (χ1) is 8.74. The molecule has 0 radical (unpaired) electrons. The fourth-order valence-corrected chi connectivity index (χ4v) is 2.78. The highest BCUT2D eigenvalue weighted by Gasteiger charge is 2.37. The summed E-state index contributed by atoms with van der Waals surface area (Å²) in [4.78, 5) is 14.2. The number of rotatable bonds is 3. The summed E-state index contributed by atoms with van der Waals surface area (Å²) in [6, 6.07) is 0.345. The SMILES string of the molecule is CCOC[C@H]1C[C@H](C)CC(C)N1C(=O)OC(C)(C)C. The molecule has 1 rings (SSSR count). The van der Waals surface area contributed by atoms with Crippen LogP contribution in [0.3, 0.4) is 0 Å². The molecular weight excluding hydrogens is 242 g/mol. The lowest BCUT2D eigenvalue weighted by atomic mass is 9.88. The van der Waals surface area contributed by atoms with Gasteiger partial charge in [-0.2, -0.15) is 0 Å². The molecule has 0 aliphatic carbocycles. The first kappa shape index (κ1) is 16.3. The lowest BCUT2D eigenvalue weighted by molar-refractivity contribution is -0.0282. The van der Waals surface area contributed by atoms with E-state index in [0.717, 1.165) is 12.8 Å². The quantitative estimate of drug-likeness (QED) is 0.789. The number of hydrogen-bond acceptors (Lipinski definition) is 3. The first-order valence-electron chi connectivity index (χ1n) is 7.33. The lowest BCUT2D eigenvalue weighted by Crippen LogP contribution is -2.53. The average molecular weight is 271 g/mol. The highest BCUT2D eigenvalue weighted by molar-refractivity contribution is 5.69. The van der Waals surface area contributed by atoms with Crippen molar-refractivity contribution in [2.45, 2.75) is 72.1 Å². The number of carbonyl (C=O) groups excluding carboxylic acids is 1. The van der Waals surface area contributed by atoms with Crippen LogP contribution in [-0.2, 0) is 9.47 Å². The van der Waals surface area contributed by atoms with E-state index in [-0.39, 0.29) is 18.2 Å². The summed E-state index contributed by atoms with van der Waals surface area (Å²) in [6.07, 6.45) is 1.81. The summed E-state index contributed by atoms with van der Waals surface area (Å²) in [5.74, 6) is 0.624. The number of likely N-dealkylation sites (tertiary alicyclic amines) is 1. The van der Waals surface area contributed by atoms with Gasteiger partial charge >= 0.3 is 6.09 Å². The second kappa shape index (κ2) is 6.60. The third-order valence-corrected chi connectivity index (χ3v) is 3.40. The summed E-state index contributed by atoms with van der Waals surface area (Å²) >= 11 is 0. The molecule has 19 heavy (non-hydrogen) atoms. The predicted octanol–water partition coefficient (Wildman–Crippen LogP) is 3.45. The number of ether oxygens (including phenoxy) is 2. The van der Waals surface area contributed by atoms with Crippen LogP contribution >= 0.6 is 0 Å². The zero-order valence-corrected chi connectivity index (χ0v) is 13.2. The van der Waals surface area contributed by atoms with E-state index in [9.17, 15) is 4.79 Å². The Kier molecular flexibility index (Phi) is 5.65. The first-order valence-corrected chi connectivity index (χ1v) is 7.33. The molecule has 1 aliphatic heterocycles. The molecule has 4 nitrogen and oxygen atoms in total. The molecule has 0 aromatic heterocycles. The minimum absolute atomic E-state index is 0.133. The molecule has 1 amide bonds. The van der Waals surface area contributed by atoms with Crippen LogP contribution in [0.2, 0.25) is 0 Å². The third-order valence-electron chi connectivity index (χ3n) is 3.40. The highest BCUT2D eigenvalue weighted by atomic mass is 16.6. The van der Waals surface area contributed by atoms with Crippen molar-refractivity contribution in [3.05, 3.63) is 0 Å². The van der Waals surface area contributed by atoms with Crippen LogP contribution in [0.1, 0.15) is 54.4 Å². The van der Waals surface area contributed by atoms with E-state index in [4.69, 9.17) is 9.47 Å². The lowest BCUT2D eigenvalue weighted by Gasteiger charge is -2.43. The van der Waals surface area contributed by atoms with E-state index >= 15 is 0 Å². The van der Waals surface area contributed by atoms with Gasteiger partial charge in [0.1, 0.15) is 5.60 Å². The largest absolute Gasteiger partial charge is 0.444 e. The normalized spacial score (nSPS) is 28.3. The third kappa shape index (κ3) is 5.01. The number of amides is 1. The van der Waals surface area contributed by atoms with E-state index < -0.39 is 5.60 Å². The molecule has 1 saturated heterocycles. The van der Waals surface area contributed by atoms with Crippen LogP contribution in [-0.4, -0.2) is 41.9 Å². The number of nitrogens with zero attached hydrogens (tertiary/aromatic N) is 1. The summed E-state index contributed by atoms with van der Waals surface area (Å²) in [5.41, 5.74) is -0.448. The van der Waals surface area contributed by atoms with E-state index in [2.05, 4.69) is 13.8 Å². The van der Waals surface area contributed by atoms with Gasteiger partial charge in [0, 0.05) is 12.6 Å². The smallest absolute Gasteiger partial charge is 0.410 e. The maximum atomic E-state index is 12.4. The van der Waals surface area contributed by atoms with Crippen molar-refractivity contribution in [2.75, 3.05) is 13.2 Å². The fraction of sp³-hybridized carbons (Fsp3) is 0.933. The van der Waals surface area contributed by atoms with Gasteiger partial charge in [0.2, 0.25) is 0 Å². The van der Waals surface area contributed by atoms with Crippen LogP contribution in [0.4, 0.5) is 4.79 Å². The highest BCUT2D eigenvalue weighted by Crippen LogP contribution is 2.29. The Morgan fingerprint density at radius 3 is 2.42 bits per heavy atom. The van der Waals surface area contributed by atoms with Crippen molar-refractivity contribution in [1.82, 2.24) is 4.90 Å². The van der Waals surface area contributed by atoms with Crippen molar-refractivity contribution in [3.63, 3.8) is 0 Å². The summed E-state index contributed by atoms with van der Waals surface area (Å²) in [6.45, 7) is 13.3. The van der Waals surface area contributed by atoms with Gasteiger partial charge < -0.3 is 14.4 Å². The second-order valence-corrected chi connectivity index (χ2v) is 6.63. The van der Waals surface area contributed by atoms with Gasteiger partial charge in [0.25, 0.3) is 0 Å². The van der Waals surface area contributed by atoms with E-state index in [1.54, 1.807) is 0 Å². The Hall–Kier alpha value is -0.770. The molecular formula is C15H29NO3. The van der Waals surface area contributed by atoms with Gasteiger partial charge in [-0.25, -0.2) is 4.79 Å². The number of hydrogen-bond donors (Lipinski definition) is 0. The Morgan fingerprint density at radius 2 is 1.89 bits per heavy atom. The van der Waals surface area contributed by atoms with Gasteiger partial charge in [-0.1, -0.05) is 6.92 Å². The molecule has 0 aromatic carbocycles. The summed E-state index contributed by atoms with van der Waals surface area (Å²) < 4.78 is 11.1. The maximum absolute atomic E-state index is 12.4. The van der Waals surface area contributed by atoms with Gasteiger partial charge in [-0.15, -0.1) is 0 Å². The van der Waals surface area contributed by atoms with Crippen LogP contribution in [0.25, 0.3) is 0 Å². The second-order valence-electron chi connectivity index (χ2n) is 6.63. The van der Waals surface area contributed by atoms with Crippen LogP contribution in [0.15, 0.2) is 0 Å². The van der Waals surface area contributed by atoms with Crippen molar-refractivity contribution >= 4 is 6.09 Å². The molecule has 0 aromatic rings. The minimum Gasteiger partial charge on any atom is -0.444 e. The molecule has 1 heterocycles. The monoisotopic (exact) mass is 271 g/mol. The number of piperidine rings is 1. The summed E-state index contributed by atoms with van der Waals surface area (Å²) in [5, 5.41) is 0. The van der Waals surface area contributed by atoms with Crippen molar-refractivity contribution < 1.29 is 14.3 Å². The van der Waals surface area contributed by atoms with Gasteiger partial charge in [-0.05, 0) is 53.4 Å². The maximum Gasteiger partial charge on any atom is 0.410 e. The molecule has 0 spiro atoms. The topological polar surface area (TPSA) is 38.8 Å². The zero-order valence-electron chi connectivity index (χ0n) is 13.2. The van der Waals surface area contributed by atoms with E-state index in [1.807, 2.05) is 32.6 Å². The molecule has 1 aliphatic rings. The molecule has 1 fully saturated rings. The molecule has 4 heteroatoms. The van der Waals surface area contributed by atoms with Crippen molar-refractivity contribution in [2.24, 2.45) is 5.92 Å². The Labute approximate surface area is 117 Å². The van der Waals surface area contributed by atoms with Gasteiger partial charge in [0.15, 0.2) is 0 Å². The van der Waals surface area contributed by atoms with E-state index in [1.165, 1.54) is 0 Å². The van der Waals surface area contributed by atoms with Gasteiger partial charge in [-0.3, -0.25) is 0 Å². The molecule has 0 bridgehead atoms.